The maximum atomic E-state index is 10.9. The van der Waals surface area contributed by atoms with E-state index >= 15 is 0 Å². The molecule has 15 rings (SSSR count). The third kappa shape index (κ3) is 7.73. The molecule has 0 aliphatic heterocycles. The van der Waals surface area contributed by atoms with E-state index in [4.69, 9.17) is 9.97 Å². The van der Waals surface area contributed by atoms with Crippen molar-refractivity contribution in [3.8, 4) is 91.4 Å². The summed E-state index contributed by atoms with van der Waals surface area (Å²) in [4.78, 5) is 9.88. The summed E-state index contributed by atoms with van der Waals surface area (Å²) in [6.45, 7) is 0. The Balaban J connectivity index is 0.802. The third-order valence-electron chi connectivity index (χ3n) is 15.8. The highest BCUT2D eigenvalue weighted by atomic mass is 15.0. The van der Waals surface area contributed by atoms with Gasteiger partial charge in [0.05, 0.1) is 79.4 Å². The van der Waals surface area contributed by atoms with E-state index in [9.17, 15) is 15.8 Å². The van der Waals surface area contributed by atoms with E-state index in [0.29, 0.717) is 33.9 Å². The Morgan fingerprint density at radius 1 is 0.272 bits per heavy atom. The Morgan fingerprint density at radius 2 is 0.667 bits per heavy atom. The van der Waals surface area contributed by atoms with Gasteiger partial charge in [-0.05, 0) is 125 Å². The molecule has 0 spiro atoms. The number of hydrogen-bond acceptors (Lipinski definition) is 5. The van der Waals surface area contributed by atoms with Gasteiger partial charge in [-0.3, -0.25) is 0 Å². The van der Waals surface area contributed by atoms with Crippen molar-refractivity contribution in [1.82, 2.24) is 23.7 Å². The Labute approximate surface area is 465 Å². The highest BCUT2D eigenvalue weighted by molar-refractivity contribution is 6.14. The maximum Gasteiger partial charge on any atom is 0.160 e. The van der Waals surface area contributed by atoms with Gasteiger partial charge in [-0.1, -0.05) is 152 Å². The predicted octanol–water partition coefficient (Wildman–Crippen LogP) is 17.7. The average molecular weight is 1030 g/mol. The monoisotopic (exact) mass is 1030 g/mol. The molecular weight excluding hydrogens is 989 g/mol. The number of benzene rings is 11. The van der Waals surface area contributed by atoms with Crippen LogP contribution in [0.2, 0.25) is 0 Å². The molecule has 4 heterocycles. The summed E-state index contributed by atoms with van der Waals surface area (Å²) in [6.07, 6.45) is 0. The van der Waals surface area contributed by atoms with Crippen LogP contribution in [0.4, 0.5) is 0 Å². The highest BCUT2D eigenvalue weighted by Crippen LogP contribution is 2.41. The van der Waals surface area contributed by atoms with Crippen LogP contribution in [0.15, 0.2) is 255 Å². The Morgan fingerprint density at radius 3 is 1.15 bits per heavy atom. The summed E-state index contributed by atoms with van der Waals surface area (Å²) in [5.74, 6) is 0.483. The van der Waals surface area contributed by atoms with Crippen molar-refractivity contribution in [2.24, 2.45) is 0 Å². The maximum absolute atomic E-state index is 10.9. The number of aromatic nitrogens is 5. The van der Waals surface area contributed by atoms with Gasteiger partial charge >= 0.3 is 0 Å². The Bertz CT molecular complexity index is 4860. The fourth-order valence-electron chi connectivity index (χ4n) is 12.0. The molecule has 4 aromatic heterocycles. The fraction of sp³-hybridized carbons (Fsp3) is 0. The zero-order valence-corrected chi connectivity index (χ0v) is 43.3. The smallest absolute Gasteiger partial charge is 0.160 e. The lowest BCUT2D eigenvalue weighted by atomic mass is 9.96. The zero-order chi connectivity index (χ0) is 54.1. The average Bonchev–Trinajstić information content (AvgIpc) is 4.23. The Kier molecular flexibility index (Phi) is 10.8. The van der Waals surface area contributed by atoms with Gasteiger partial charge in [-0.15, -0.1) is 0 Å². The normalized spacial score (nSPS) is 11.4. The third-order valence-corrected chi connectivity index (χ3v) is 15.8. The van der Waals surface area contributed by atoms with Crippen molar-refractivity contribution in [2.75, 3.05) is 0 Å². The second-order valence-corrected chi connectivity index (χ2v) is 20.3. The summed E-state index contributed by atoms with van der Waals surface area (Å²) >= 11 is 0. The molecule has 0 saturated heterocycles. The molecular formula is C73H42N8. The summed E-state index contributed by atoms with van der Waals surface area (Å²) in [5.41, 5.74) is 19.0. The molecule has 8 nitrogen and oxygen atoms in total. The van der Waals surface area contributed by atoms with E-state index in [1.54, 1.807) is 18.2 Å². The van der Waals surface area contributed by atoms with Crippen LogP contribution in [0.1, 0.15) is 16.7 Å². The molecule has 0 amide bonds. The molecule has 11 aromatic carbocycles. The molecule has 8 heteroatoms. The predicted molar refractivity (Wildman–Crippen MR) is 326 cm³/mol. The molecule has 0 atom stereocenters. The first-order valence-corrected chi connectivity index (χ1v) is 26.7. The minimum atomic E-state index is 0.483. The topological polar surface area (TPSA) is 112 Å². The van der Waals surface area contributed by atoms with Gasteiger partial charge in [0.2, 0.25) is 0 Å². The lowest BCUT2D eigenvalue weighted by Crippen LogP contribution is -1.97. The summed E-state index contributed by atoms with van der Waals surface area (Å²) in [7, 11) is 0. The van der Waals surface area contributed by atoms with E-state index in [1.807, 2.05) is 54.6 Å². The standard InChI is InChI=1S/C73H42N8/c74-43-46-11-9-13-52(37-46)66-42-65(77-73(78-66)53-14-10-12-47(38-53)44-75)51-29-25-49(26-30-51)48-23-27-50(28-24-48)58-34-31-55(39-54(58)45-76)79-71-35-32-56(80-67-19-5-1-15-59(67)60-16-2-6-20-68(60)80)40-63(71)64-41-57(33-36-72(64)79)81-69-21-7-3-17-61(69)62-18-4-8-22-70(62)81/h1-42H. The Hall–Kier alpha value is -11.6. The number of para-hydroxylation sites is 4. The van der Waals surface area contributed by atoms with Crippen LogP contribution in [0.3, 0.4) is 0 Å². The molecule has 0 aliphatic carbocycles. The van der Waals surface area contributed by atoms with E-state index in [0.717, 1.165) is 99.9 Å². The molecule has 0 bridgehead atoms. The summed E-state index contributed by atoms with van der Waals surface area (Å²) in [5, 5.41) is 37.3. The van der Waals surface area contributed by atoms with E-state index in [1.165, 1.54) is 21.5 Å². The van der Waals surface area contributed by atoms with E-state index in [-0.39, 0.29) is 0 Å². The van der Waals surface area contributed by atoms with Gasteiger partial charge in [0.15, 0.2) is 5.82 Å². The molecule has 81 heavy (non-hydrogen) atoms. The van der Waals surface area contributed by atoms with Crippen LogP contribution in [0.25, 0.3) is 139 Å². The minimum absolute atomic E-state index is 0.483. The van der Waals surface area contributed by atoms with Crippen LogP contribution in [0, 0.1) is 34.0 Å². The second-order valence-electron chi connectivity index (χ2n) is 20.3. The van der Waals surface area contributed by atoms with Crippen molar-refractivity contribution in [2.45, 2.75) is 0 Å². The number of nitriles is 3. The van der Waals surface area contributed by atoms with Gasteiger partial charge in [0, 0.05) is 66.1 Å². The van der Waals surface area contributed by atoms with Crippen LogP contribution < -0.4 is 0 Å². The highest BCUT2D eigenvalue weighted by Gasteiger charge is 2.21. The number of nitrogens with zero attached hydrogens (tertiary/aromatic N) is 8. The molecule has 374 valence electrons. The molecule has 15 aromatic rings. The molecule has 0 radical (unpaired) electrons. The van der Waals surface area contributed by atoms with Crippen LogP contribution in [-0.2, 0) is 0 Å². The lowest BCUT2D eigenvalue weighted by molar-refractivity contribution is 1.16. The number of hydrogen-bond donors (Lipinski definition) is 0. The number of rotatable bonds is 8. The number of fused-ring (bicyclic) bond motifs is 9. The van der Waals surface area contributed by atoms with Gasteiger partial charge in [0.1, 0.15) is 0 Å². The van der Waals surface area contributed by atoms with Crippen LogP contribution in [-0.4, -0.2) is 23.7 Å². The van der Waals surface area contributed by atoms with Gasteiger partial charge in [-0.2, -0.15) is 15.8 Å². The SMILES string of the molecule is N#Cc1cccc(-c2cc(-c3ccc(-c4ccc(-c5ccc(-n6c7ccc(-n8c9ccccc9c9ccccc98)cc7c7cc(-n8c9ccccc9c9ccccc98)ccc76)cc5C#N)cc4)cc3)nc(-c3cccc(C#N)c3)n2)c1. The van der Waals surface area contributed by atoms with Crippen LogP contribution in [0.5, 0.6) is 0 Å². The molecule has 0 aliphatic rings. The lowest BCUT2D eigenvalue weighted by Gasteiger charge is -2.13. The quantitative estimate of drug-likeness (QED) is 0.150. The van der Waals surface area contributed by atoms with E-state index < -0.39 is 0 Å². The van der Waals surface area contributed by atoms with Crippen LogP contribution >= 0.6 is 0 Å². The molecule has 0 N–H and O–H groups in total. The zero-order valence-electron chi connectivity index (χ0n) is 43.3. The van der Waals surface area contributed by atoms with Crippen molar-refractivity contribution < 1.29 is 0 Å². The van der Waals surface area contributed by atoms with Crippen molar-refractivity contribution in [3.05, 3.63) is 271 Å². The first-order chi connectivity index (χ1) is 40.0. The molecule has 0 saturated carbocycles. The van der Waals surface area contributed by atoms with Crippen molar-refractivity contribution >= 4 is 65.4 Å². The molecule has 0 unspecified atom stereocenters. The first-order valence-electron chi connectivity index (χ1n) is 26.7. The van der Waals surface area contributed by atoms with Crippen molar-refractivity contribution in [1.29, 1.82) is 15.8 Å². The van der Waals surface area contributed by atoms with Gasteiger partial charge in [0.25, 0.3) is 0 Å². The minimum Gasteiger partial charge on any atom is -0.309 e. The van der Waals surface area contributed by atoms with E-state index in [2.05, 4.69) is 214 Å². The summed E-state index contributed by atoms with van der Waals surface area (Å²) in [6, 6.07) is 94.5. The molecule has 0 fully saturated rings. The largest absolute Gasteiger partial charge is 0.309 e. The summed E-state index contributed by atoms with van der Waals surface area (Å²) < 4.78 is 7.05. The fourth-order valence-corrected chi connectivity index (χ4v) is 12.0. The van der Waals surface area contributed by atoms with Gasteiger partial charge < -0.3 is 13.7 Å². The van der Waals surface area contributed by atoms with Crippen molar-refractivity contribution in [3.63, 3.8) is 0 Å². The van der Waals surface area contributed by atoms with Gasteiger partial charge in [-0.25, -0.2) is 9.97 Å². The first kappa shape index (κ1) is 46.7. The second kappa shape index (κ2) is 18.8.